The molecule has 5 rings (SSSR count). The van der Waals surface area contributed by atoms with E-state index in [4.69, 9.17) is 26.1 Å². The van der Waals surface area contributed by atoms with Crippen LogP contribution in [0.4, 0.5) is 11.8 Å². The van der Waals surface area contributed by atoms with Crippen molar-refractivity contribution in [1.29, 1.82) is 0 Å². The number of halogens is 1. The van der Waals surface area contributed by atoms with Crippen LogP contribution in [0.3, 0.4) is 0 Å². The van der Waals surface area contributed by atoms with E-state index in [0.717, 1.165) is 70.8 Å². The Bertz CT molecular complexity index is 1330. The van der Waals surface area contributed by atoms with Crippen LogP contribution in [0.15, 0.2) is 47.0 Å². The number of hydrogen-bond donors (Lipinski definition) is 2. The fourth-order valence-electron chi connectivity index (χ4n) is 4.86. The monoisotopic (exact) mass is 491 g/mol. The van der Waals surface area contributed by atoms with E-state index in [2.05, 4.69) is 27.5 Å². The molecule has 1 unspecified atom stereocenters. The third-order valence-electron chi connectivity index (χ3n) is 6.86. The van der Waals surface area contributed by atoms with Gasteiger partial charge in [-0.15, -0.1) is 0 Å². The van der Waals surface area contributed by atoms with Crippen LogP contribution in [0.1, 0.15) is 36.8 Å². The van der Waals surface area contributed by atoms with Crippen molar-refractivity contribution in [1.82, 2.24) is 15.1 Å². The summed E-state index contributed by atoms with van der Waals surface area (Å²) in [5, 5.41) is 19.3. The van der Waals surface area contributed by atoms with Crippen molar-refractivity contribution in [3.8, 4) is 11.1 Å². The molecule has 3 heterocycles. The molecular formula is C27H30ClN5O2. The van der Waals surface area contributed by atoms with Crippen LogP contribution in [0.5, 0.6) is 0 Å². The highest BCUT2D eigenvalue weighted by Crippen LogP contribution is 2.33. The van der Waals surface area contributed by atoms with Crippen molar-refractivity contribution in [2.75, 3.05) is 23.3 Å². The first-order chi connectivity index (χ1) is 16.9. The van der Waals surface area contributed by atoms with Gasteiger partial charge in [0.2, 0.25) is 5.95 Å². The average Bonchev–Trinajstić information content (AvgIpc) is 3.20. The maximum atomic E-state index is 9.98. The van der Waals surface area contributed by atoms with Gasteiger partial charge in [0.25, 0.3) is 0 Å². The second-order valence-electron chi connectivity index (χ2n) is 9.35. The fraction of sp³-hybridized carbons (Fsp3) is 0.370. The number of aryl methyl sites for hydroxylation is 2. The van der Waals surface area contributed by atoms with Gasteiger partial charge in [-0.3, -0.25) is 0 Å². The average molecular weight is 492 g/mol. The molecule has 1 aliphatic heterocycles. The Kier molecular flexibility index (Phi) is 6.62. The standard InChI is InChI=1S/C27H30ClN5O2/c1-16-25(18(3)35-32-16)21-7-8-24-23(14-21)26(29-15-19-5-4-6-22(28)13-19)31-27(30-24)33-11-9-20(10-12-33)17(2)34/h4-8,13-14,17,20,34H,9-12,15H2,1-3H3,(H,29,30,31). The van der Waals surface area contributed by atoms with Gasteiger partial charge in [0, 0.05) is 35.6 Å². The Morgan fingerprint density at radius 1 is 1.14 bits per heavy atom. The number of rotatable bonds is 6. The quantitative estimate of drug-likeness (QED) is 0.354. The van der Waals surface area contributed by atoms with Crippen molar-refractivity contribution in [2.24, 2.45) is 5.92 Å². The van der Waals surface area contributed by atoms with E-state index in [1.807, 2.05) is 51.1 Å². The molecule has 8 heteroatoms. The van der Waals surface area contributed by atoms with Crippen LogP contribution in [-0.2, 0) is 6.54 Å². The fourth-order valence-corrected chi connectivity index (χ4v) is 5.07. The Morgan fingerprint density at radius 3 is 2.63 bits per heavy atom. The summed E-state index contributed by atoms with van der Waals surface area (Å²) in [5.74, 6) is 2.59. The maximum absolute atomic E-state index is 9.98. The van der Waals surface area contributed by atoms with Crippen LogP contribution < -0.4 is 10.2 Å². The topological polar surface area (TPSA) is 87.3 Å². The smallest absolute Gasteiger partial charge is 0.227 e. The van der Waals surface area contributed by atoms with Crippen LogP contribution in [0.25, 0.3) is 22.0 Å². The highest BCUT2D eigenvalue weighted by atomic mass is 35.5. The molecule has 2 aromatic heterocycles. The molecule has 7 nitrogen and oxygen atoms in total. The lowest BCUT2D eigenvalue weighted by Crippen LogP contribution is -2.38. The molecule has 35 heavy (non-hydrogen) atoms. The van der Waals surface area contributed by atoms with E-state index < -0.39 is 0 Å². The van der Waals surface area contributed by atoms with Gasteiger partial charge in [0.05, 0.1) is 17.3 Å². The molecule has 0 radical (unpaired) electrons. The number of piperidine rings is 1. The Morgan fingerprint density at radius 2 is 1.94 bits per heavy atom. The summed E-state index contributed by atoms with van der Waals surface area (Å²) >= 11 is 6.20. The van der Waals surface area contributed by atoms with Crippen LogP contribution in [0.2, 0.25) is 5.02 Å². The van der Waals surface area contributed by atoms with Crippen LogP contribution in [-0.4, -0.2) is 39.4 Å². The van der Waals surface area contributed by atoms with Gasteiger partial charge in [-0.25, -0.2) is 4.98 Å². The van der Waals surface area contributed by atoms with Crippen molar-refractivity contribution < 1.29 is 9.63 Å². The molecule has 1 aliphatic rings. The largest absolute Gasteiger partial charge is 0.393 e. The summed E-state index contributed by atoms with van der Waals surface area (Å²) in [6.07, 6.45) is 1.57. The predicted molar refractivity (Wildman–Crippen MR) is 140 cm³/mol. The van der Waals surface area contributed by atoms with Crippen LogP contribution >= 0.6 is 11.6 Å². The van der Waals surface area contributed by atoms with E-state index in [1.165, 1.54) is 0 Å². The summed E-state index contributed by atoms with van der Waals surface area (Å²) in [6, 6.07) is 14.0. The number of aromatic nitrogens is 3. The molecule has 4 aromatic rings. The van der Waals surface area contributed by atoms with Gasteiger partial charge in [-0.05, 0) is 74.9 Å². The Hall–Kier alpha value is -3.16. The van der Waals surface area contributed by atoms with Gasteiger partial charge in [-0.1, -0.05) is 35.0 Å². The molecule has 182 valence electrons. The molecule has 1 saturated heterocycles. The number of fused-ring (bicyclic) bond motifs is 1. The molecule has 0 spiro atoms. The second kappa shape index (κ2) is 9.84. The number of anilines is 2. The Labute approximate surface area is 210 Å². The number of benzene rings is 2. The van der Waals surface area contributed by atoms with Gasteiger partial charge in [0.1, 0.15) is 11.6 Å². The first-order valence-electron chi connectivity index (χ1n) is 12.1. The third kappa shape index (κ3) is 4.97. The number of aliphatic hydroxyl groups excluding tert-OH is 1. The maximum Gasteiger partial charge on any atom is 0.227 e. The number of nitrogens with one attached hydrogen (secondary N) is 1. The van der Waals surface area contributed by atoms with Gasteiger partial charge in [-0.2, -0.15) is 4.98 Å². The number of hydrogen-bond acceptors (Lipinski definition) is 7. The molecule has 2 aromatic carbocycles. The summed E-state index contributed by atoms with van der Waals surface area (Å²) in [6.45, 7) is 7.99. The number of aliphatic hydroxyl groups is 1. The highest BCUT2D eigenvalue weighted by molar-refractivity contribution is 6.30. The number of nitrogens with zero attached hydrogens (tertiary/aromatic N) is 4. The lowest BCUT2D eigenvalue weighted by Gasteiger charge is -2.33. The highest BCUT2D eigenvalue weighted by Gasteiger charge is 2.25. The van der Waals surface area contributed by atoms with E-state index in [-0.39, 0.29) is 6.10 Å². The summed E-state index contributed by atoms with van der Waals surface area (Å²) in [7, 11) is 0. The van der Waals surface area contributed by atoms with Crippen molar-refractivity contribution in [3.63, 3.8) is 0 Å². The zero-order valence-electron chi connectivity index (χ0n) is 20.3. The molecule has 0 bridgehead atoms. The lowest BCUT2D eigenvalue weighted by atomic mass is 9.92. The minimum atomic E-state index is -0.285. The van der Waals surface area contributed by atoms with E-state index in [9.17, 15) is 5.11 Å². The molecule has 0 amide bonds. The van der Waals surface area contributed by atoms with E-state index in [1.54, 1.807) is 0 Å². The Balaban J connectivity index is 1.53. The molecule has 2 N–H and O–H groups in total. The minimum Gasteiger partial charge on any atom is -0.393 e. The molecule has 0 saturated carbocycles. The molecule has 1 atom stereocenters. The first kappa shape index (κ1) is 23.6. The zero-order chi connectivity index (χ0) is 24.5. The van der Waals surface area contributed by atoms with Crippen LogP contribution in [0, 0.1) is 19.8 Å². The second-order valence-corrected chi connectivity index (χ2v) is 9.79. The lowest BCUT2D eigenvalue weighted by molar-refractivity contribution is 0.109. The normalized spacial score (nSPS) is 15.5. The van der Waals surface area contributed by atoms with Crippen molar-refractivity contribution in [2.45, 2.75) is 46.3 Å². The van der Waals surface area contributed by atoms with Gasteiger partial charge >= 0.3 is 0 Å². The van der Waals surface area contributed by atoms with Gasteiger partial charge in [0.15, 0.2) is 0 Å². The van der Waals surface area contributed by atoms with E-state index in [0.29, 0.717) is 23.4 Å². The molecule has 1 fully saturated rings. The third-order valence-corrected chi connectivity index (χ3v) is 7.09. The minimum absolute atomic E-state index is 0.285. The molecule has 0 aliphatic carbocycles. The SMILES string of the molecule is Cc1noc(C)c1-c1ccc2nc(N3CCC(C(C)O)CC3)nc(NCc3cccc(Cl)c3)c2c1. The summed E-state index contributed by atoms with van der Waals surface area (Å²) < 4.78 is 5.40. The van der Waals surface area contributed by atoms with Crippen molar-refractivity contribution in [3.05, 3.63) is 64.5 Å². The summed E-state index contributed by atoms with van der Waals surface area (Å²) in [4.78, 5) is 12.1. The summed E-state index contributed by atoms with van der Waals surface area (Å²) in [5.41, 5.74) is 4.82. The van der Waals surface area contributed by atoms with Crippen molar-refractivity contribution >= 4 is 34.3 Å². The molecular weight excluding hydrogens is 462 g/mol. The van der Waals surface area contributed by atoms with Gasteiger partial charge < -0.3 is 19.8 Å². The van der Waals surface area contributed by atoms with E-state index >= 15 is 0 Å². The first-order valence-corrected chi connectivity index (χ1v) is 12.4. The zero-order valence-corrected chi connectivity index (χ0v) is 21.0. The predicted octanol–water partition coefficient (Wildman–Crippen LogP) is 5.76.